The molecule has 1 fully saturated rings. The van der Waals surface area contributed by atoms with Crippen LogP contribution in [-0.4, -0.2) is 37.0 Å². The zero-order chi connectivity index (χ0) is 18.7. The predicted molar refractivity (Wildman–Crippen MR) is 113 cm³/mol. The van der Waals surface area contributed by atoms with E-state index < -0.39 is 0 Å². The Morgan fingerprint density at radius 2 is 1.52 bits per heavy atom. The molecule has 1 saturated heterocycles. The van der Waals surface area contributed by atoms with E-state index in [-0.39, 0.29) is 5.91 Å². The summed E-state index contributed by atoms with van der Waals surface area (Å²) in [5.74, 6) is 0.000851. The van der Waals surface area contributed by atoms with Gasteiger partial charge in [-0.3, -0.25) is 4.79 Å². The van der Waals surface area contributed by atoms with E-state index in [1.165, 1.54) is 38.8 Å². The molecule has 0 aliphatic carbocycles. The topological polar surface area (TPSA) is 32.3 Å². The largest absolute Gasteiger partial charge is 0.352 e. The molecule has 1 heterocycles. The number of benzene rings is 2. The fourth-order valence-electron chi connectivity index (χ4n) is 3.57. The van der Waals surface area contributed by atoms with Gasteiger partial charge in [-0.05, 0) is 56.1 Å². The van der Waals surface area contributed by atoms with Gasteiger partial charge < -0.3 is 10.2 Å². The van der Waals surface area contributed by atoms with Crippen LogP contribution in [0.15, 0.2) is 60.7 Å². The molecule has 0 bridgehead atoms. The minimum atomic E-state index is 0.000851. The third-order valence-corrected chi connectivity index (χ3v) is 5.08. The molecule has 3 rings (SSSR count). The Balaban J connectivity index is 1.59. The standard InChI is InChI=1S/C24H30N2O/c27-24(25-16-11-19-26-17-9-1-2-10-18-26)23(22-14-7-4-8-15-22)20-21-12-5-3-6-13-21/h3-8,12-15,20H,1-2,9-11,16-19H2,(H,25,27)/b23-20+. The fraction of sp³-hybridized carbons (Fsp3) is 0.375. The van der Waals surface area contributed by atoms with E-state index in [0.29, 0.717) is 6.54 Å². The van der Waals surface area contributed by atoms with Crippen LogP contribution in [0, 0.1) is 0 Å². The highest BCUT2D eigenvalue weighted by molar-refractivity contribution is 6.24. The summed E-state index contributed by atoms with van der Waals surface area (Å²) in [5.41, 5.74) is 2.71. The van der Waals surface area contributed by atoms with Crippen molar-refractivity contribution < 1.29 is 4.79 Å². The Kier molecular flexibility index (Phi) is 7.67. The van der Waals surface area contributed by atoms with Crippen LogP contribution in [0.4, 0.5) is 0 Å². The summed E-state index contributed by atoms with van der Waals surface area (Å²) in [4.78, 5) is 15.4. The highest BCUT2D eigenvalue weighted by Crippen LogP contribution is 2.18. The van der Waals surface area contributed by atoms with Gasteiger partial charge in [-0.15, -0.1) is 0 Å². The van der Waals surface area contributed by atoms with Gasteiger partial charge in [-0.2, -0.15) is 0 Å². The van der Waals surface area contributed by atoms with Crippen molar-refractivity contribution in [2.24, 2.45) is 0 Å². The third kappa shape index (κ3) is 6.37. The van der Waals surface area contributed by atoms with Gasteiger partial charge >= 0.3 is 0 Å². The average molecular weight is 363 g/mol. The van der Waals surface area contributed by atoms with Gasteiger partial charge in [0.25, 0.3) is 5.91 Å². The molecule has 1 aliphatic heterocycles. The van der Waals surface area contributed by atoms with Crippen molar-refractivity contribution >= 4 is 17.6 Å². The van der Waals surface area contributed by atoms with Crippen molar-refractivity contribution in [2.75, 3.05) is 26.2 Å². The zero-order valence-electron chi connectivity index (χ0n) is 16.1. The van der Waals surface area contributed by atoms with E-state index >= 15 is 0 Å². The molecule has 2 aromatic rings. The number of likely N-dealkylation sites (tertiary alicyclic amines) is 1. The van der Waals surface area contributed by atoms with Gasteiger partial charge in [0, 0.05) is 12.1 Å². The molecule has 0 unspecified atom stereocenters. The van der Waals surface area contributed by atoms with E-state index in [0.717, 1.165) is 29.7 Å². The molecule has 1 N–H and O–H groups in total. The Morgan fingerprint density at radius 3 is 2.19 bits per heavy atom. The average Bonchev–Trinajstić information content (AvgIpc) is 2.99. The maximum absolute atomic E-state index is 12.9. The normalized spacial score (nSPS) is 15.9. The molecule has 27 heavy (non-hydrogen) atoms. The van der Waals surface area contributed by atoms with Crippen molar-refractivity contribution in [3.05, 3.63) is 71.8 Å². The zero-order valence-corrected chi connectivity index (χ0v) is 16.1. The minimum Gasteiger partial charge on any atom is -0.352 e. The van der Waals surface area contributed by atoms with Crippen molar-refractivity contribution in [1.82, 2.24) is 10.2 Å². The molecule has 0 radical (unpaired) electrons. The second-order valence-electron chi connectivity index (χ2n) is 7.20. The molecule has 1 amide bonds. The lowest BCUT2D eigenvalue weighted by atomic mass is 10.0. The van der Waals surface area contributed by atoms with Crippen LogP contribution in [0.5, 0.6) is 0 Å². The maximum atomic E-state index is 12.9. The first kappa shape index (κ1) is 19.4. The quantitative estimate of drug-likeness (QED) is 0.443. The molecular formula is C24H30N2O. The van der Waals surface area contributed by atoms with Crippen LogP contribution in [0.25, 0.3) is 11.6 Å². The first-order chi connectivity index (χ1) is 13.3. The highest BCUT2D eigenvalue weighted by atomic mass is 16.1. The van der Waals surface area contributed by atoms with Gasteiger partial charge in [0.15, 0.2) is 0 Å². The highest BCUT2D eigenvalue weighted by Gasteiger charge is 2.12. The molecule has 0 atom stereocenters. The summed E-state index contributed by atoms with van der Waals surface area (Å²) in [6, 6.07) is 19.9. The van der Waals surface area contributed by atoms with E-state index in [9.17, 15) is 4.79 Å². The lowest BCUT2D eigenvalue weighted by Crippen LogP contribution is -2.31. The summed E-state index contributed by atoms with van der Waals surface area (Å²) >= 11 is 0. The van der Waals surface area contributed by atoms with Crippen LogP contribution < -0.4 is 5.32 Å². The number of amides is 1. The van der Waals surface area contributed by atoms with Gasteiger partial charge in [0.2, 0.25) is 0 Å². The monoisotopic (exact) mass is 362 g/mol. The second-order valence-corrected chi connectivity index (χ2v) is 7.20. The molecule has 2 aromatic carbocycles. The van der Waals surface area contributed by atoms with Crippen LogP contribution in [0.2, 0.25) is 0 Å². The van der Waals surface area contributed by atoms with Gasteiger partial charge in [-0.1, -0.05) is 73.5 Å². The number of carbonyl (C=O) groups is 1. The van der Waals surface area contributed by atoms with E-state index in [4.69, 9.17) is 0 Å². The number of hydrogen-bond donors (Lipinski definition) is 1. The van der Waals surface area contributed by atoms with Crippen LogP contribution >= 0.6 is 0 Å². The SMILES string of the molecule is O=C(NCCCN1CCCCCC1)/C(=C/c1ccccc1)c1ccccc1. The second kappa shape index (κ2) is 10.7. The van der Waals surface area contributed by atoms with Crippen LogP contribution in [-0.2, 0) is 4.79 Å². The first-order valence-corrected chi connectivity index (χ1v) is 10.2. The molecule has 1 aliphatic rings. The maximum Gasteiger partial charge on any atom is 0.251 e. The Morgan fingerprint density at radius 1 is 0.889 bits per heavy atom. The van der Waals surface area contributed by atoms with Crippen molar-refractivity contribution in [3.8, 4) is 0 Å². The van der Waals surface area contributed by atoms with E-state index in [2.05, 4.69) is 10.2 Å². The van der Waals surface area contributed by atoms with E-state index in [1.807, 2.05) is 66.7 Å². The summed E-state index contributed by atoms with van der Waals surface area (Å²) in [7, 11) is 0. The third-order valence-electron chi connectivity index (χ3n) is 5.08. The summed E-state index contributed by atoms with van der Waals surface area (Å²) in [5, 5.41) is 3.12. The van der Waals surface area contributed by atoms with Gasteiger partial charge in [-0.25, -0.2) is 0 Å². The lowest BCUT2D eigenvalue weighted by Gasteiger charge is -2.19. The fourth-order valence-corrected chi connectivity index (χ4v) is 3.57. The number of hydrogen-bond acceptors (Lipinski definition) is 2. The van der Waals surface area contributed by atoms with Gasteiger partial charge in [0.1, 0.15) is 0 Å². The van der Waals surface area contributed by atoms with Crippen LogP contribution in [0.3, 0.4) is 0 Å². The number of nitrogens with zero attached hydrogens (tertiary/aromatic N) is 1. The summed E-state index contributed by atoms with van der Waals surface area (Å²) < 4.78 is 0. The Bertz CT molecular complexity index is 717. The Hall–Kier alpha value is -2.39. The molecular weight excluding hydrogens is 332 g/mol. The smallest absolute Gasteiger partial charge is 0.251 e. The van der Waals surface area contributed by atoms with Crippen molar-refractivity contribution in [2.45, 2.75) is 32.1 Å². The predicted octanol–water partition coefficient (Wildman–Crippen LogP) is 4.61. The van der Waals surface area contributed by atoms with Gasteiger partial charge in [0.05, 0.1) is 0 Å². The van der Waals surface area contributed by atoms with Crippen molar-refractivity contribution in [1.29, 1.82) is 0 Å². The van der Waals surface area contributed by atoms with E-state index in [1.54, 1.807) is 0 Å². The molecule has 3 heteroatoms. The first-order valence-electron chi connectivity index (χ1n) is 10.2. The number of nitrogens with one attached hydrogen (secondary N) is 1. The lowest BCUT2D eigenvalue weighted by molar-refractivity contribution is -0.115. The van der Waals surface area contributed by atoms with Crippen LogP contribution in [0.1, 0.15) is 43.2 Å². The van der Waals surface area contributed by atoms with Crippen molar-refractivity contribution in [3.63, 3.8) is 0 Å². The molecule has 0 saturated carbocycles. The summed E-state index contributed by atoms with van der Waals surface area (Å²) in [6.07, 6.45) is 8.31. The molecule has 0 aromatic heterocycles. The molecule has 3 nitrogen and oxygen atoms in total. The minimum absolute atomic E-state index is 0.000851. The number of carbonyl (C=O) groups excluding carboxylic acids is 1. The Labute approximate surface area is 163 Å². The number of rotatable bonds is 7. The molecule has 142 valence electrons. The summed E-state index contributed by atoms with van der Waals surface area (Å²) in [6.45, 7) is 4.20. The molecule has 0 spiro atoms.